The van der Waals surface area contributed by atoms with E-state index in [-0.39, 0.29) is 13.2 Å². The molecule has 2 N–H and O–H groups in total. The second-order valence-corrected chi connectivity index (χ2v) is 3.37. The van der Waals surface area contributed by atoms with Crippen LogP contribution in [0.4, 0.5) is 10.5 Å². The summed E-state index contributed by atoms with van der Waals surface area (Å²) in [6.45, 7) is -0.221. The Bertz CT molecular complexity index is 496. The summed E-state index contributed by atoms with van der Waals surface area (Å²) in [6, 6.07) is 7.01. The summed E-state index contributed by atoms with van der Waals surface area (Å²) >= 11 is 0. The highest BCUT2D eigenvalue weighted by atomic mass is 16.6. The van der Waals surface area contributed by atoms with Crippen molar-refractivity contribution < 1.29 is 14.6 Å². The van der Waals surface area contributed by atoms with Crippen LogP contribution in [-0.4, -0.2) is 39.2 Å². The van der Waals surface area contributed by atoms with E-state index < -0.39 is 6.09 Å². The summed E-state index contributed by atoms with van der Waals surface area (Å²) in [4.78, 5) is 15.1. The SMILES string of the molecule is O=C(Nc1ccc(-n2cncn2)cc1)OCCO. The first-order valence-electron chi connectivity index (χ1n) is 5.29. The summed E-state index contributed by atoms with van der Waals surface area (Å²) in [7, 11) is 0. The molecule has 0 aliphatic rings. The summed E-state index contributed by atoms with van der Waals surface area (Å²) in [6.07, 6.45) is 2.42. The standard InChI is InChI=1S/C11H12N4O3/c16-5-6-18-11(17)14-9-1-3-10(4-2-9)15-8-12-7-13-15/h1-4,7-8,16H,5-6H2,(H,14,17). The number of hydrogen-bond acceptors (Lipinski definition) is 5. The maximum absolute atomic E-state index is 11.2. The average Bonchev–Trinajstić information content (AvgIpc) is 2.91. The zero-order valence-corrected chi connectivity index (χ0v) is 9.48. The number of nitrogens with one attached hydrogen (secondary N) is 1. The van der Waals surface area contributed by atoms with Crippen LogP contribution >= 0.6 is 0 Å². The Balaban J connectivity index is 1.98. The number of nitrogens with zero attached hydrogens (tertiary/aromatic N) is 3. The van der Waals surface area contributed by atoms with Gasteiger partial charge in [0.1, 0.15) is 19.3 Å². The van der Waals surface area contributed by atoms with Gasteiger partial charge < -0.3 is 9.84 Å². The smallest absolute Gasteiger partial charge is 0.411 e. The third-order valence-electron chi connectivity index (χ3n) is 2.12. The Labute approximate surface area is 103 Å². The number of hydrogen-bond donors (Lipinski definition) is 2. The maximum atomic E-state index is 11.2. The fourth-order valence-electron chi connectivity index (χ4n) is 1.33. The lowest BCUT2D eigenvalue weighted by Crippen LogP contribution is -2.15. The average molecular weight is 248 g/mol. The molecule has 0 bridgehead atoms. The Morgan fingerprint density at radius 1 is 1.39 bits per heavy atom. The molecule has 94 valence electrons. The molecule has 0 unspecified atom stereocenters. The Morgan fingerprint density at radius 2 is 2.17 bits per heavy atom. The molecule has 0 aliphatic heterocycles. The number of rotatable bonds is 4. The second-order valence-electron chi connectivity index (χ2n) is 3.37. The van der Waals surface area contributed by atoms with E-state index >= 15 is 0 Å². The van der Waals surface area contributed by atoms with Crippen molar-refractivity contribution in [2.75, 3.05) is 18.5 Å². The summed E-state index contributed by atoms with van der Waals surface area (Å²) in [5, 5.41) is 15.0. The largest absolute Gasteiger partial charge is 0.447 e. The first-order chi connectivity index (χ1) is 8.79. The molecule has 7 heteroatoms. The molecule has 0 saturated heterocycles. The van der Waals surface area contributed by atoms with E-state index in [1.807, 2.05) is 0 Å². The van der Waals surface area contributed by atoms with E-state index in [1.165, 1.54) is 6.33 Å². The lowest BCUT2D eigenvalue weighted by molar-refractivity contribution is 0.131. The van der Waals surface area contributed by atoms with E-state index in [9.17, 15) is 4.79 Å². The number of aliphatic hydroxyl groups excluding tert-OH is 1. The molecule has 0 aliphatic carbocycles. The van der Waals surface area contributed by atoms with Crippen LogP contribution in [0.15, 0.2) is 36.9 Å². The molecule has 1 aromatic carbocycles. The van der Waals surface area contributed by atoms with Gasteiger partial charge in [-0.15, -0.1) is 0 Å². The van der Waals surface area contributed by atoms with Crippen molar-refractivity contribution in [3.8, 4) is 5.69 Å². The highest BCUT2D eigenvalue weighted by Crippen LogP contribution is 2.12. The molecule has 0 saturated carbocycles. The van der Waals surface area contributed by atoms with Crippen molar-refractivity contribution in [3.63, 3.8) is 0 Å². The van der Waals surface area contributed by atoms with Gasteiger partial charge in [0, 0.05) is 5.69 Å². The number of carbonyl (C=O) groups is 1. The van der Waals surface area contributed by atoms with Crippen molar-refractivity contribution in [2.24, 2.45) is 0 Å². The normalized spacial score (nSPS) is 10.1. The third kappa shape index (κ3) is 3.05. The second kappa shape index (κ2) is 5.78. The quantitative estimate of drug-likeness (QED) is 0.835. The molecule has 0 radical (unpaired) electrons. The molecule has 1 amide bonds. The number of aliphatic hydroxyl groups is 1. The van der Waals surface area contributed by atoms with Gasteiger partial charge in [-0.05, 0) is 24.3 Å². The number of aromatic nitrogens is 3. The lowest BCUT2D eigenvalue weighted by atomic mass is 10.3. The Kier molecular flexibility index (Phi) is 3.87. The number of anilines is 1. The van der Waals surface area contributed by atoms with E-state index in [1.54, 1.807) is 35.3 Å². The Morgan fingerprint density at radius 3 is 2.78 bits per heavy atom. The monoisotopic (exact) mass is 248 g/mol. The number of amides is 1. The van der Waals surface area contributed by atoms with Gasteiger partial charge in [0.15, 0.2) is 0 Å². The predicted octanol–water partition coefficient (Wildman–Crippen LogP) is 0.808. The van der Waals surface area contributed by atoms with E-state index in [2.05, 4.69) is 20.1 Å². The van der Waals surface area contributed by atoms with Crippen molar-refractivity contribution in [3.05, 3.63) is 36.9 Å². The van der Waals surface area contributed by atoms with Crippen LogP contribution in [0.5, 0.6) is 0 Å². The van der Waals surface area contributed by atoms with Gasteiger partial charge in [-0.3, -0.25) is 5.32 Å². The molecular weight excluding hydrogens is 236 g/mol. The summed E-state index contributed by atoms with van der Waals surface area (Å²) < 4.78 is 6.28. The van der Waals surface area contributed by atoms with Gasteiger partial charge >= 0.3 is 6.09 Å². The third-order valence-corrected chi connectivity index (χ3v) is 2.12. The van der Waals surface area contributed by atoms with Crippen molar-refractivity contribution in [1.82, 2.24) is 14.8 Å². The van der Waals surface area contributed by atoms with Crippen LogP contribution in [-0.2, 0) is 4.74 Å². The molecular formula is C11H12N4O3. The minimum atomic E-state index is -0.599. The number of ether oxygens (including phenoxy) is 1. The molecule has 7 nitrogen and oxygen atoms in total. The zero-order chi connectivity index (χ0) is 12.8. The van der Waals surface area contributed by atoms with Crippen LogP contribution in [0.1, 0.15) is 0 Å². The van der Waals surface area contributed by atoms with E-state index in [4.69, 9.17) is 5.11 Å². The molecule has 0 fully saturated rings. The maximum Gasteiger partial charge on any atom is 0.411 e. The van der Waals surface area contributed by atoms with Gasteiger partial charge in [0.2, 0.25) is 0 Å². The fraction of sp³-hybridized carbons (Fsp3) is 0.182. The van der Waals surface area contributed by atoms with Gasteiger partial charge in [0.25, 0.3) is 0 Å². The molecule has 2 aromatic rings. The minimum absolute atomic E-state index is 0.0249. The molecule has 2 rings (SSSR count). The molecule has 0 atom stereocenters. The van der Waals surface area contributed by atoms with Crippen LogP contribution in [0.2, 0.25) is 0 Å². The predicted molar refractivity (Wildman–Crippen MR) is 63.4 cm³/mol. The lowest BCUT2D eigenvalue weighted by Gasteiger charge is -2.06. The van der Waals surface area contributed by atoms with E-state index in [0.29, 0.717) is 5.69 Å². The molecule has 18 heavy (non-hydrogen) atoms. The number of carbonyl (C=O) groups excluding carboxylic acids is 1. The van der Waals surface area contributed by atoms with Crippen molar-refractivity contribution in [1.29, 1.82) is 0 Å². The Hall–Kier alpha value is -2.41. The van der Waals surface area contributed by atoms with Gasteiger partial charge in [-0.25, -0.2) is 14.5 Å². The van der Waals surface area contributed by atoms with Crippen LogP contribution in [0, 0.1) is 0 Å². The first-order valence-corrected chi connectivity index (χ1v) is 5.29. The van der Waals surface area contributed by atoms with Gasteiger partial charge in [-0.2, -0.15) is 5.10 Å². The van der Waals surface area contributed by atoms with Crippen molar-refractivity contribution in [2.45, 2.75) is 0 Å². The number of benzene rings is 1. The van der Waals surface area contributed by atoms with Crippen LogP contribution in [0.25, 0.3) is 5.69 Å². The first kappa shape index (κ1) is 12.1. The van der Waals surface area contributed by atoms with Gasteiger partial charge in [-0.1, -0.05) is 0 Å². The minimum Gasteiger partial charge on any atom is -0.447 e. The van der Waals surface area contributed by atoms with Crippen molar-refractivity contribution >= 4 is 11.8 Å². The van der Waals surface area contributed by atoms with E-state index in [0.717, 1.165) is 5.69 Å². The topological polar surface area (TPSA) is 89.3 Å². The summed E-state index contributed by atoms with van der Waals surface area (Å²) in [5.41, 5.74) is 1.43. The molecule has 1 heterocycles. The highest BCUT2D eigenvalue weighted by molar-refractivity contribution is 5.84. The van der Waals surface area contributed by atoms with Crippen LogP contribution in [0.3, 0.4) is 0 Å². The van der Waals surface area contributed by atoms with Gasteiger partial charge in [0.05, 0.1) is 12.3 Å². The highest BCUT2D eigenvalue weighted by Gasteiger charge is 2.03. The summed E-state index contributed by atoms with van der Waals surface area (Å²) in [5.74, 6) is 0. The molecule has 0 spiro atoms. The zero-order valence-electron chi connectivity index (χ0n) is 9.48. The van der Waals surface area contributed by atoms with Crippen LogP contribution < -0.4 is 5.32 Å². The fourth-order valence-corrected chi connectivity index (χ4v) is 1.33. The molecule has 1 aromatic heterocycles.